The van der Waals surface area contributed by atoms with E-state index in [1.54, 1.807) is 7.11 Å². The van der Waals surface area contributed by atoms with Crippen molar-refractivity contribution in [3.8, 4) is 22.8 Å². The van der Waals surface area contributed by atoms with Crippen molar-refractivity contribution < 1.29 is 4.74 Å². The van der Waals surface area contributed by atoms with Crippen molar-refractivity contribution in [1.82, 2.24) is 20.2 Å². The molecule has 0 unspecified atom stereocenters. The van der Waals surface area contributed by atoms with Crippen LogP contribution in [-0.2, 0) is 0 Å². The van der Waals surface area contributed by atoms with Gasteiger partial charge in [0.15, 0.2) is 0 Å². The monoisotopic (exact) mass is 266 g/mol. The molecule has 1 aromatic heterocycles. The number of nitrogens with zero attached hydrogens (tertiary/aromatic N) is 4. The molecule has 3 rings (SSSR count). The normalized spacial score (nSPS) is 10.5. The first-order valence-corrected chi connectivity index (χ1v) is 6.28. The Bertz CT molecular complexity index is 701. The summed E-state index contributed by atoms with van der Waals surface area (Å²) in [5, 5.41) is 12.6. The van der Waals surface area contributed by atoms with Crippen LogP contribution in [0.3, 0.4) is 0 Å². The van der Waals surface area contributed by atoms with Gasteiger partial charge in [-0.15, -0.1) is 15.0 Å². The average Bonchev–Trinajstić information content (AvgIpc) is 2.98. The van der Waals surface area contributed by atoms with E-state index in [1.165, 1.54) is 10.4 Å². The van der Waals surface area contributed by atoms with Crippen molar-refractivity contribution >= 4 is 0 Å². The first kappa shape index (κ1) is 12.3. The number of tetrazole rings is 1. The highest BCUT2D eigenvalue weighted by atomic mass is 16.5. The fourth-order valence-electron chi connectivity index (χ4n) is 1.86. The number of rotatable bonds is 3. The number of benzene rings is 2. The van der Waals surface area contributed by atoms with Gasteiger partial charge in [-0.1, -0.05) is 29.8 Å². The fourth-order valence-corrected chi connectivity index (χ4v) is 1.86. The van der Waals surface area contributed by atoms with Gasteiger partial charge in [0.1, 0.15) is 5.75 Å². The molecule has 0 bridgehead atoms. The lowest BCUT2D eigenvalue weighted by molar-refractivity contribution is 0.414. The maximum atomic E-state index is 5.13. The second-order valence-corrected chi connectivity index (χ2v) is 4.47. The molecule has 0 radical (unpaired) electrons. The summed E-state index contributed by atoms with van der Waals surface area (Å²) in [7, 11) is 1.64. The Hall–Kier alpha value is -2.69. The van der Waals surface area contributed by atoms with Gasteiger partial charge in [-0.25, -0.2) is 0 Å². The van der Waals surface area contributed by atoms with E-state index in [0.717, 1.165) is 17.0 Å². The summed E-state index contributed by atoms with van der Waals surface area (Å²) in [6.07, 6.45) is 0. The summed E-state index contributed by atoms with van der Waals surface area (Å²) < 4.78 is 5.13. The van der Waals surface area contributed by atoms with Crippen LogP contribution in [0.15, 0.2) is 48.5 Å². The van der Waals surface area contributed by atoms with Gasteiger partial charge in [-0.3, -0.25) is 0 Å². The van der Waals surface area contributed by atoms with Crippen LogP contribution in [0, 0.1) is 6.92 Å². The molecule has 20 heavy (non-hydrogen) atoms. The van der Waals surface area contributed by atoms with E-state index < -0.39 is 0 Å². The number of ether oxygens (including phenoxy) is 1. The van der Waals surface area contributed by atoms with Crippen LogP contribution in [0.5, 0.6) is 5.75 Å². The summed E-state index contributed by atoms with van der Waals surface area (Å²) >= 11 is 0. The van der Waals surface area contributed by atoms with E-state index >= 15 is 0 Å². The summed E-state index contributed by atoms with van der Waals surface area (Å²) in [5.41, 5.74) is 3.00. The zero-order chi connectivity index (χ0) is 13.9. The van der Waals surface area contributed by atoms with Gasteiger partial charge in [0, 0.05) is 5.56 Å². The van der Waals surface area contributed by atoms with Crippen LogP contribution in [0.25, 0.3) is 17.1 Å². The van der Waals surface area contributed by atoms with Gasteiger partial charge in [0.2, 0.25) is 5.82 Å². The molecule has 0 saturated carbocycles. The summed E-state index contributed by atoms with van der Waals surface area (Å²) in [5.74, 6) is 1.41. The molecule has 0 amide bonds. The molecule has 0 aliphatic rings. The predicted molar refractivity (Wildman–Crippen MR) is 75.9 cm³/mol. The molecule has 1 heterocycles. The van der Waals surface area contributed by atoms with E-state index in [9.17, 15) is 0 Å². The van der Waals surface area contributed by atoms with Crippen LogP contribution in [-0.4, -0.2) is 27.3 Å². The lowest BCUT2D eigenvalue weighted by Crippen LogP contribution is -1.98. The number of hydrogen-bond acceptors (Lipinski definition) is 4. The molecule has 100 valence electrons. The first-order chi connectivity index (χ1) is 9.76. The Kier molecular flexibility index (Phi) is 3.16. The standard InChI is InChI=1S/C15H14N4O/c1-11-3-5-12(6-4-11)15-16-18-19(17-15)13-7-9-14(20-2)10-8-13/h3-10H,1-2H3. The second kappa shape index (κ2) is 5.13. The Morgan fingerprint density at radius 3 is 2.30 bits per heavy atom. The SMILES string of the molecule is COc1ccc(-n2nnc(-c3ccc(C)cc3)n2)cc1. The van der Waals surface area contributed by atoms with Gasteiger partial charge in [0.25, 0.3) is 0 Å². The highest BCUT2D eigenvalue weighted by Crippen LogP contribution is 2.17. The third-order valence-corrected chi connectivity index (χ3v) is 3.03. The Morgan fingerprint density at radius 1 is 0.950 bits per heavy atom. The van der Waals surface area contributed by atoms with Crippen molar-refractivity contribution in [2.75, 3.05) is 7.11 Å². The minimum Gasteiger partial charge on any atom is -0.497 e. The van der Waals surface area contributed by atoms with Gasteiger partial charge in [-0.2, -0.15) is 0 Å². The fraction of sp³-hybridized carbons (Fsp3) is 0.133. The Balaban J connectivity index is 1.91. The van der Waals surface area contributed by atoms with Crippen LogP contribution in [0.4, 0.5) is 0 Å². The topological polar surface area (TPSA) is 52.8 Å². The Labute approximate surface area is 116 Å². The minimum absolute atomic E-state index is 0.612. The number of methoxy groups -OCH3 is 1. The molecule has 5 heteroatoms. The zero-order valence-electron chi connectivity index (χ0n) is 11.3. The van der Waals surface area contributed by atoms with Crippen molar-refractivity contribution in [2.24, 2.45) is 0 Å². The average molecular weight is 266 g/mol. The lowest BCUT2D eigenvalue weighted by atomic mass is 10.1. The number of hydrogen-bond donors (Lipinski definition) is 0. The molecule has 0 aliphatic carbocycles. The van der Waals surface area contributed by atoms with Crippen molar-refractivity contribution in [1.29, 1.82) is 0 Å². The molecule has 5 nitrogen and oxygen atoms in total. The minimum atomic E-state index is 0.612. The maximum absolute atomic E-state index is 5.13. The first-order valence-electron chi connectivity index (χ1n) is 6.28. The maximum Gasteiger partial charge on any atom is 0.205 e. The molecule has 0 spiro atoms. The molecule has 2 aromatic carbocycles. The van der Waals surface area contributed by atoms with E-state index in [-0.39, 0.29) is 0 Å². The zero-order valence-corrected chi connectivity index (χ0v) is 11.3. The molecule has 3 aromatic rings. The van der Waals surface area contributed by atoms with Gasteiger partial charge in [-0.05, 0) is 36.4 Å². The molecule has 0 fully saturated rings. The molecule has 0 atom stereocenters. The third kappa shape index (κ3) is 2.38. The quantitative estimate of drug-likeness (QED) is 0.731. The van der Waals surface area contributed by atoms with Gasteiger partial charge in [0.05, 0.1) is 12.8 Å². The van der Waals surface area contributed by atoms with Gasteiger partial charge >= 0.3 is 0 Å². The smallest absolute Gasteiger partial charge is 0.205 e. The Morgan fingerprint density at radius 2 is 1.65 bits per heavy atom. The number of aromatic nitrogens is 4. The van der Waals surface area contributed by atoms with E-state index in [2.05, 4.69) is 15.4 Å². The lowest BCUT2D eigenvalue weighted by Gasteiger charge is -2.01. The van der Waals surface area contributed by atoms with E-state index in [4.69, 9.17) is 4.74 Å². The highest BCUT2D eigenvalue weighted by molar-refractivity contribution is 5.54. The highest BCUT2D eigenvalue weighted by Gasteiger charge is 2.07. The van der Waals surface area contributed by atoms with Crippen molar-refractivity contribution in [2.45, 2.75) is 6.92 Å². The van der Waals surface area contributed by atoms with Crippen LogP contribution in [0.2, 0.25) is 0 Å². The van der Waals surface area contributed by atoms with E-state index in [1.807, 2.05) is 55.5 Å². The molecular formula is C15H14N4O. The summed E-state index contributed by atoms with van der Waals surface area (Å²) in [4.78, 5) is 1.51. The van der Waals surface area contributed by atoms with Crippen molar-refractivity contribution in [3.63, 3.8) is 0 Å². The van der Waals surface area contributed by atoms with Crippen LogP contribution < -0.4 is 4.74 Å². The van der Waals surface area contributed by atoms with Crippen LogP contribution in [0.1, 0.15) is 5.56 Å². The predicted octanol–water partition coefficient (Wildman–Crippen LogP) is 2.65. The molecule has 0 saturated heterocycles. The largest absolute Gasteiger partial charge is 0.497 e. The summed E-state index contributed by atoms with van der Waals surface area (Å²) in [6, 6.07) is 15.6. The van der Waals surface area contributed by atoms with E-state index in [0.29, 0.717) is 5.82 Å². The molecule has 0 N–H and O–H groups in total. The van der Waals surface area contributed by atoms with Crippen molar-refractivity contribution in [3.05, 3.63) is 54.1 Å². The molecule has 0 aliphatic heterocycles. The summed E-state index contributed by atoms with van der Waals surface area (Å²) in [6.45, 7) is 2.05. The molecular weight excluding hydrogens is 252 g/mol. The van der Waals surface area contributed by atoms with Crippen LogP contribution >= 0.6 is 0 Å². The second-order valence-electron chi connectivity index (χ2n) is 4.47. The number of aryl methyl sites for hydroxylation is 1. The third-order valence-electron chi connectivity index (χ3n) is 3.03. The van der Waals surface area contributed by atoms with Gasteiger partial charge < -0.3 is 4.74 Å².